The monoisotopic (exact) mass is 323 g/mol. The van der Waals surface area contributed by atoms with E-state index in [0.717, 1.165) is 12.8 Å². The average molecular weight is 323 g/mol. The number of carbonyl (C=O) groups excluding carboxylic acids is 2. The summed E-state index contributed by atoms with van der Waals surface area (Å²) in [6.07, 6.45) is 0.801. The van der Waals surface area contributed by atoms with Crippen LogP contribution in [-0.2, 0) is 14.3 Å². The highest BCUT2D eigenvalue weighted by atomic mass is 19.1. The number of rotatable bonds is 5. The molecule has 1 amide bonds. The fourth-order valence-corrected chi connectivity index (χ4v) is 2.65. The first-order valence-electron chi connectivity index (χ1n) is 7.89. The van der Waals surface area contributed by atoms with Crippen molar-refractivity contribution in [2.45, 2.75) is 32.8 Å². The Morgan fingerprint density at radius 2 is 2.04 bits per heavy atom. The van der Waals surface area contributed by atoms with Crippen molar-refractivity contribution >= 4 is 11.9 Å². The molecule has 1 heterocycles. The molecule has 1 fully saturated rings. The van der Waals surface area contributed by atoms with Gasteiger partial charge < -0.3 is 14.4 Å². The van der Waals surface area contributed by atoms with Crippen LogP contribution in [-0.4, -0.2) is 42.6 Å². The van der Waals surface area contributed by atoms with Crippen LogP contribution in [0.15, 0.2) is 24.3 Å². The summed E-state index contributed by atoms with van der Waals surface area (Å²) in [4.78, 5) is 25.9. The maximum absolute atomic E-state index is 12.9. The lowest BCUT2D eigenvalue weighted by molar-refractivity contribution is -0.152. The predicted octanol–water partition coefficient (Wildman–Crippen LogP) is 2.39. The second-order valence-corrected chi connectivity index (χ2v) is 5.59. The van der Waals surface area contributed by atoms with Crippen molar-refractivity contribution < 1.29 is 23.5 Å². The Kier molecular flexibility index (Phi) is 5.96. The van der Waals surface area contributed by atoms with Crippen molar-refractivity contribution in [3.8, 4) is 5.75 Å². The van der Waals surface area contributed by atoms with E-state index in [9.17, 15) is 14.0 Å². The summed E-state index contributed by atoms with van der Waals surface area (Å²) in [7, 11) is 0. The van der Waals surface area contributed by atoms with Gasteiger partial charge >= 0.3 is 5.97 Å². The van der Waals surface area contributed by atoms with E-state index in [-0.39, 0.29) is 23.6 Å². The number of benzene rings is 1. The predicted molar refractivity (Wildman–Crippen MR) is 82.4 cm³/mol. The van der Waals surface area contributed by atoms with Gasteiger partial charge in [0.05, 0.1) is 12.5 Å². The van der Waals surface area contributed by atoms with Gasteiger partial charge in [-0.1, -0.05) is 0 Å². The Labute approximate surface area is 135 Å². The van der Waals surface area contributed by atoms with Crippen LogP contribution in [0.4, 0.5) is 4.39 Å². The molecular formula is C17H22FNO4. The molecule has 2 rings (SSSR count). The van der Waals surface area contributed by atoms with Crippen LogP contribution in [0, 0.1) is 11.7 Å². The summed E-state index contributed by atoms with van der Waals surface area (Å²) in [5.74, 6) is -0.623. The van der Waals surface area contributed by atoms with E-state index >= 15 is 0 Å². The molecule has 1 saturated heterocycles. The van der Waals surface area contributed by atoms with Gasteiger partial charge in [-0.3, -0.25) is 9.59 Å². The molecule has 0 radical (unpaired) electrons. The second kappa shape index (κ2) is 7.94. The first-order valence-corrected chi connectivity index (χ1v) is 7.89. The number of nitrogens with zero attached hydrogens (tertiary/aromatic N) is 1. The van der Waals surface area contributed by atoms with E-state index in [4.69, 9.17) is 9.47 Å². The molecule has 0 aromatic heterocycles. The average Bonchev–Trinajstić information content (AvgIpc) is 2.56. The lowest BCUT2D eigenvalue weighted by Crippen LogP contribution is -2.47. The molecule has 2 atom stereocenters. The molecule has 6 heteroatoms. The number of hydrogen-bond acceptors (Lipinski definition) is 4. The number of esters is 1. The number of likely N-dealkylation sites (tertiary alicyclic amines) is 1. The van der Waals surface area contributed by atoms with Gasteiger partial charge in [0.1, 0.15) is 11.6 Å². The highest BCUT2D eigenvalue weighted by Crippen LogP contribution is 2.20. The van der Waals surface area contributed by atoms with Crippen LogP contribution >= 0.6 is 0 Å². The molecule has 1 aliphatic heterocycles. The zero-order valence-corrected chi connectivity index (χ0v) is 13.5. The number of carbonyl (C=O) groups is 2. The summed E-state index contributed by atoms with van der Waals surface area (Å²) >= 11 is 0. The summed E-state index contributed by atoms with van der Waals surface area (Å²) in [5.41, 5.74) is 0. The molecular weight excluding hydrogens is 301 g/mol. The fraction of sp³-hybridized carbons (Fsp3) is 0.529. The summed E-state index contributed by atoms with van der Waals surface area (Å²) in [6, 6.07) is 5.53. The number of ether oxygens (including phenoxy) is 2. The molecule has 23 heavy (non-hydrogen) atoms. The van der Waals surface area contributed by atoms with Gasteiger partial charge in [-0.2, -0.15) is 0 Å². The quantitative estimate of drug-likeness (QED) is 0.781. The molecule has 0 aliphatic carbocycles. The van der Waals surface area contributed by atoms with Crippen LogP contribution < -0.4 is 4.74 Å². The summed E-state index contributed by atoms with van der Waals surface area (Å²) in [5, 5.41) is 0. The summed E-state index contributed by atoms with van der Waals surface area (Å²) in [6.45, 7) is 4.72. The van der Waals surface area contributed by atoms with Crippen LogP contribution in [0.1, 0.15) is 26.7 Å². The Balaban J connectivity index is 1.93. The van der Waals surface area contributed by atoms with Crippen LogP contribution in [0.3, 0.4) is 0 Å². The van der Waals surface area contributed by atoms with Gasteiger partial charge in [-0.15, -0.1) is 0 Å². The third-order valence-corrected chi connectivity index (χ3v) is 3.83. The van der Waals surface area contributed by atoms with E-state index < -0.39 is 6.10 Å². The van der Waals surface area contributed by atoms with Crippen molar-refractivity contribution in [3.63, 3.8) is 0 Å². The summed E-state index contributed by atoms with van der Waals surface area (Å²) < 4.78 is 23.5. The first kappa shape index (κ1) is 17.2. The number of amides is 1. The zero-order valence-electron chi connectivity index (χ0n) is 13.5. The molecule has 0 spiro atoms. The van der Waals surface area contributed by atoms with Crippen LogP contribution in [0.5, 0.6) is 5.75 Å². The van der Waals surface area contributed by atoms with Gasteiger partial charge in [0, 0.05) is 13.1 Å². The standard InChI is InChI=1S/C17H22FNO4/c1-3-22-17(21)13-5-4-10-19(11-13)16(20)12(2)23-15-8-6-14(18)7-9-15/h6-9,12-13H,3-5,10-11H2,1-2H3/t12-,13-/m0/s1. The smallest absolute Gasteiger partial charge is 0.310 e. The Bertz CT molecular complexity index is 546. The minimum absolute atomic E-state index is 0.177. The van der Waals surface area contributed by atoms with Crippen molar-refractivity contribution in [1.82, 2.24) is 4.90 Å². The Morgan fingerprint density at radius 3 is 2.70 bits per heavy atom. The van der Waals surface area contributed by atoms with E-state index in [0.29, 0.717) is 25.4 Å². The first-order chi connectivity index (χ1) is 11.0. The van der Waals surface area contributed by atoms with E-state index in [1.807, 2.05) is 0 Å². The molecule has 1 aliphatic rings. The lowest BCUT2D eigenvalue weighted by atomic mass is 9.98. The SMILES string of the molecule is CCOC(=O)[C@H]1CCCN(C(=O)[C@H](C)Oc2ccc(F)cc2)C1. The third-order valence-electron chi connectivity index (χ3n) is 3.83. The fourth-order valence-electron chi connectivity index (χ4n) is 2.65. The maximum Gasteiger partial charge on any atom is 0.310 e. The second-order valence-electron chi connectivity index (χ2n) is 5.59. The van der Waals surface area contributed by atoms with Crippen LogP contribution in [0.2, 0.25) is 0 Å². The van der Waals surface area contributed by atoms with Gasteiger partial charge in [0.25, 0.3) is 5.91 Å². The van der Waals surface area contributed by atoms with Crippen molar-refractivity contribution in [1.29, 1.82) is 0 Å². The largest absolute Gasteiger partial charge is 0.481 e. The van der Waals surface area contributed by atoms with E-state index in [2.05, 4.69) is 0 Å². The number of piperidine rings is 1. The highest BCUT2D eigenvalue weighted by molar-refractivity contribution is 5.82. The molecule has 1 aromatic rings. The third kappa shape index (κ3) is 4.68. The lowest BCUT2D eigenvalue weighted by Gasteiger charge is -2.33. The molecule has 0 unspecified atom stereocenters. The normalized spacial score (nSPS) is 19.1. The van der Waals surface area contributed by atoms with Crippen molar-refractivity contribution in [2.75, 3.05) is 19.7 Å². The van der Waals surface area contributed by atoms with Gasteiger partial charge in [-0.25, -0.2) is 4.39 Å². The minimum Gasteiger partial charge on any atom is -0.481 e. The zero-order chi connectivity index (χ0) is 16.8. The van der Waals surface area contributed by atoms with Crippen LogP contribution in [0.25, 0.3) is 0 Å². The molecule has 0 saturated carbocycles. The Hall–Kier alpha value is -2.11. The topological polar surface area (TPSA) is 55.8 Å². The molecule has 126 valence electrons. The van der Waals surface area contributed by atoms with Crippen molar-refractivity contribution in [2.24, 2.45) is 5.92 Å². The van der Waals surface area contributed by atoms with Gasteiger partial charge in [0.2, 0.25) is 0 Å². The molecule has 5 nitrogen and oxygen atoms in total. The molecule has 0 bridgehead atoms. The number of hydrogen-bond donors (Lipinski definition) is 0. The molecule has 1 aromatic carbocycles. The van der Waals surface area contributed by atoms with Gasteiger partial charge in [0.15, 0.2) is 6.10 Å². The van der Waals surface area contributed by atoms with Crippen molar-refractivity contribution in [3.05, 3.63) is 30.1 Å². The van der Waals surface area contributed by atoms with E-state index in [1.165, 1.54) is 24.3 Å². The molecule has 0 N–H and O–H groups in total. The minimum atomic E-state index is -0.693. The van der Waals surface area contributed by atoms with E-state index in [1.54, 1.807) is 18.7 Å². The van der Waals surface area contributed by atoms with Gasteiger partial charge in [-0.05, 0) is 51.0 Å². The highest BCUT2D eigenvalue weighted by Gasteiger charge is 2.31. The maximum atomic E-state index is 12.9. The Morgan fingerprint density at radius 1 is 1.35 bits per heavy atom. The number of halogens is 1.